The van der Waals surface area contributed by atoms with Crippen LogP contribution in [0.15, 0.2) is 30.3 Å². The van der Waals surface area contributed by atoms with Crippen molar-refractivity contribution < 1.29 is 27.9 Å². The van der Waals surface area contributed by atoms with E-state index in [1.54, 1.807) is 24.3 Å². The monoisotopic (exact) mass is 313 g/mol. The quantitative estimate of drug-likeness (QED) is 0.840. The zero-order valence-electron chi connectivity index (χ0n) is 11.1. The zero-order chi connectivity index (χ0) is 15.5. The van der Waals surface area contributed by atoms with Gasteiger partial charge in [-0.25, -0.2) is 13.2 Å². The summed E-state index contributed by atoms with van der Waals surface area (Å²) in [7, 11) is -3.72. The fourth-order valence-electron chi connectivity index (χ4n) is 2.16. The maximum absolute atomic E-state index is 11.6. The standard InChI is InChI=1S/C13H15NO6S/c15-12(16)11-6-10(8-21(11,18)19)14-13(17)20-7-9-4-2-1-3-5-9/h1-5,10-11H,6-8H2,(H,14,17)(H,15,16). The number of hydrogen-bond acceptors (Lipinski definition) is 5. The van der Waals surface area contributed by atoms with Gasteiger partial charge in [-0.2, -0.15) is 0 Å². The molecule has 21 heavy (non-hydrogen) atoms. The third-order valence-electron chi connectivity index (χ3n) is 3.18. The van der Waals surface area contributed by atoms with Crippen LogP contribution < -0.4 is 5.32 Å². The predicted molar refractivity (Wildman–Crippen MR) is 73.4 cm³/mol. The molecule has 2 N–H and O–H groups in total. The van der Waals surface area contributed by atoms with Crippen molar-refractivity contribution in [2.24, 2.45) is 0 Å². The lowest BCUT2D eigenvalue weighted by atomic mass is 10.2. The predicted octanol–water partition coefficient (Wildman–Crippen LogP) is 0.553. The molecule has 1 aliphatic heterocycles. The Balaban J connectivity index is 1.85. The number of carboxylic acid groups (broad SMARTS) is 1. The van der Waals surface area contributed by atoms with Crippen LogP contribution in [-0.4, -0.2) is 42.6 Å². The van der Waals surface area contributed by atoms with Gasteiger partial charge < -0.3 is 15.2 Å². The van der Waals surface area contributed by atoms with Gasteiger partial charge in [0.05, 0.1) is 5.75 Å². The maximum Gasteiger partial charge on any atom is 0.407 e. The summed E-state index contributed by atoms with van der Waals surface area (Å²) in [5, 5.41) is 9.75. The summed E-state index contributed by atoms with van der Waals surface area (Å²) in [5.41, 5.74) is 0.801. The zero-order valence-corrected chi connectivity index (χ0v) is 11.9. The highest BCUT2D eigenvalue weighted by molar-refractivity contribution is 7.93. The second-order valence-corrected chi connectivity index (χ2v) is 7.02. The van der Waals surface area contributed by atoms with Crippen LogP contribution in [-0.2, 0) is 26.0 Å². The van der Waals surface area contributed by atoms with E-state index in [0.717, 1.165) is 5.56 Å². The number of amides is 1. The van der Waals surface area contributed by atoms with E-state index in [-0.39, 0.29) is 18.8 Å². The van der Waals surface area contributed by atoms with E-state index in [0.29, 0.717) is 0 Å². The topological polar surface area (TPSA) is 110 Å². The van der Waals surface area contributed by atoms with Gasteiger partial charge in [-0.3, -0.25) is 4.79 Å². The van der Waals surface area contributed by atoms with Gasteiger partial charge >= 0.3 is 12.1 Å². The van der Waals surface area contributed by atoms with Gasteiger partial charge in [-0.1, -0.05) is 30.3 Å². The SMILES string of the molecule is O=C(NC1CC(C(=O)O)S(=O)(=O)C1)OCc1ccccc1. The number of benzene rings is 1. The van der Waals surface area contributed by atoms with Crippen molar-refractivity contribution in [1.82, 2.24) is 5.32 Å². The number of carbonyl (C=O) groups excluding carboxylic acids is 1. The lowest BCUT2D eigenvalue weighted by molar-refractivity contribution is -0.136. The van der Waals surface area contributed by atoms with Gasteiger partial charge in [-0.15, -0.1) is 0 Å². The summed E-state index contributed by atoms with van der Waals surface area (Å²) in [6.07, 6.45) is -0.900. The van der Waals surface area contributed by atoms with Gasteiger partial charge in [0.15, 0.2) is 15.1 Å². The van der Waals surface area contributed by atoms with Crippen molar-refractivity contribution in [3.05, 3.63) is 35.9 Å². The van der Waals surface area contributed by atoms with Crippen LogP contribution in [0.25, 0.3) is 0 Å². The van der Waals surface area contributed by atoms with Crippen LogP contribution in [0.2, 0.25) is 0 Å². The smallest absolute Gasteiger partial charge is 0.407 e. The first-order valence-electron chi connectivity index (χ1n) is 6.30. The summed E-state index contributed by atoms with van der Waals surface area (Å²) in [6.45, 7) is 0.0640. The van der Waals surface area contributed by atoms with Gasteiger partial charge in [-0.05, 0) is 12.0 Å². The molecule has 2 unspecified atom stereocenters. The van der Waals surface area contributed by atoms with Gasteiger partial charge in [0.25, 0.3) is 0 Å². The number of carboxylic acids is 1. The van der Waals surface area contributed by atoms with E-state index in [1.165, 1.54) is 0 Å². The number of hydrogen-bond donors (Lipinski definition) is 2. The molecule has 2 rings (SSSR count). The minimum atomic E-state index is -3.72. The van der Waals surface area contributed by atoms with Crippen LogP contribution in [0.1, 0.15) is 12.0 Å². The number of ether oxygens (including phenoxy) is 1. The van der Waals surface area contributed by atoms with Gasteiger partial charge in [0.2, 0.25) is 0 Å². The molecule has 114 valence electrons. The fourth-order valence-corrected chi connectivity index (χ4v) is 4.00. The lowest BCUT2D eigenvalue weighted by Crippen LogP contribution is -2.36. The normalized spacial score (nSPS) is 23.4. The summed E-state index contributed by atoms with van der Waals surface area (Å²) >= 11 is 0. The van der Waals surface area contributed by atoms with Crippen LogP contribution in [0.3, 0.4) is 0 Å². The van der Waals surface area contributed by atoms with Crippen molar-refractivity contribution in [2.75, 3.05) is 5.75 Å². The minimum Gasteiger partial charge on any atom is -0.480 e. The molecule has 0 radical (unpaired) electrons. The lowest BCUT2D eigenvalue weighted by Gasteiger charge is -2.11. The summed E-state index contributed by atoms with van der Waals surface area (Å²) in [4.78, 5) is 22.4. The number of aliphatic carboxylic acids is 1. The third-order valence-corrected chi connectivity index (χ3v) is 5.30. The highest BCUT2D eigenvalue weighted by Gasteiger charge is 2.43. The molecule has 0 aliphatic carbocycles. The Morgan fingerprint density at radius 3 is 2.52 bits per heavy atom. The molecule has 1 aromatic carbocycles. The minimum absolute atomic E-state index is 0.0640. The molecular weight excluding hydrogens is 298 g/mol. The molecule has 8 heteroatoms. The Hall–Kier alpha value is -2.09. The van der Waals surface area contributed by atoms with Crippen LogP contribution in [0, 0.1) is 0 Å². The second-order valence-electron chi connectivity index (χ2n) is 4.80. The average Bonchev–Trinajstić information content (AvgIpc) is 2.72. The molecule has 0 bridgehead atoms. The molecule has 0 saturated carbocycles. The van der Waals surface area contributed by atoms with Crippen molar-refractivity contribution in [3.8, 4) is 0 Å². The number of nitrogens with one attached hydrogen (secondary N) is 1. The molecule has 1 saturated heterocycles. The first kappa shape index (κ1) is 15.3. The van der Waals surface area contributed by atoms with E-state index < -0.39 is 33.2 Å². The first-order valence-corrected chi connectivity index (χ1v) is 8.01. The van der Waals surface area contributed by atoms with Gasteiger partial charge in [0.1, 0.15) is 6.61 Å². The van der Waals surface area contributed by atoms with Crippen molar-refractivity contribution in [3.63, 3.8) is 0 Å². The summed E-state index contributed by atoms with van der Waals surface area (Å²) in [6, 6.07) is 8.27. The van der Waals surface area contributed by atoms with Crippen LogP contribution in [0.4, 0.5) is 4.79 Å². The Morgan fingerprint density at radius 1 is 1.29 bits per heavy atom. The second kappa shape index (κ2) is 6.13. The molecule has 0 aromatic heterocycles. The number of carbonyl (C=O) groups is 2. The highest BCUT2D eigenvalue weighted by atomic mass is 32.2. The molecule has 1 fully saturated rings. The fraction of sp³-hybridized carbons (Fsp3) is 0.385. The van der Waals surface area contributed by atoms with Crippen molar-refractivity contribution in [2.45, 2.75) is 24.3 Å². The summed E-state index contributed by atoms with van der Waals surface area (Å²) in [5.74, 6) is -1.78. The third kappa shape index (κ3) is 3.94. The molecule has 2 atom stereocenters. The van der Waals surface area contributed by atoms with Crippen LogP contribution in [0.5, 0.6) is 0 Å². The highest BCUT2D eigenvalue weighted by Crippen LogP contribution is 2.21. The van der Waals surface area contributed by atoms with E-state index in [4.69, 9.17) is 9.84 Å². The largest absolute Gasteiger partial charge is 0.480 e. The molecule has 1 aromatic rings. The Morgan fingerprint density at radius 2 is 1.95 bits per heavy atom. The molecule has 0 spiro atoms. The molecule has 1 amide bonds. The van der Waals surface area contributed by atoms with Crippen molar-refractivity contribution in [1.29, 1.82) is 0 Å². The number of alkyl carbamates (subject to hydrolysis) is 1. The van der Waals surface area contributed by atoms with E-state index >= 15 is 0 Å². The van der Waals surface area contributed by atoms with E-state index in [2.05, 4.69) is 5.32 Å². The maximum atomic E-state index is 11.6. The molecule has 1 heterocycles. The molecule has 7 nitrogen and oxygen atoms in total. The van der Waals surface area contributed by atoms with E-state index in [9.17, 15) is 18.0 Å². The number of sulfone groups is 1. The van der Waals surface area contributed by atoms with Crippen LogP contribution >= 0.6 is 0 Å². The summed E-state index contributed by atoms with van der Waals surface area (Å²) < 4.78 is 28.2. The molecule has 1 aliphatic rings. The first-order chi connectivity index (χ1) is 9.88. The Labute approximate surface area is 121 Å². The Bertz CT molecular complexity index is 627. The van der Waals surface area contributed by atoms with Crippen molar-refractivity contribution >= 4 is 21.9 Å². The molecular formula is C13H15NO6S. The van der Waals surface area contributed by atoms with E-state index in [1.807, 2.05) is 6.07 Å². The average molecular weight is 313 g/mol. The van der Waals surface area contributed by atoms with Gasteiger partial charge in [0, 0.05) is 6.04 Å². The Kier molecular flexibility index (Phi) is 4.46. The number of rotatable bonds is 4.